The summed E-state index contributed by atoms with van der Waals surface area (Å²) in [5, 5.41) is 0. The minimum Gasteiger partial charge on any atom is -0.329 e. The van der Waals surface area contributed by atoms with Gasteiger partial charge in [0.2, 0.25) is 0 Å². The predicted octanol–water partition coefficient (Wildman–Crippen LogP) is 2.33. The standard InChI is InChI=1S/C17H19N3O2S/c1-4-6-14-11-19-17(20(14)3)16-15(23(21,22)5-2)9-13(10-18-16)12-7-8-12/h1,9-12H,5-8H2,2-3H3. The van der Waals surface area contributed by atoms with E-state index in [1.165, 1.54) is 0 Å². The van der Waals surface area contributed by atoms with Crippen molar-refractivity contribution in [1.29, 1.82) is 0 Å². The lowest BCUT2D eigenvalue weighted by molar-refractivity contribution is 0.597. The van der Waals surface area contributed by atoms with Gasteiger partial charge in [0.1, 0.15) is 5.69 Å². The van der Waals surface area contributed by atoms with Gasteiger partial charge >= 0.3 is 0 Å². The van der Waals surface area contributed by atoms with Gasteiger partial charge in [0, 0.05) is 25.1 Å². The van der Waals surface area contributed by atoms with E-state index >= 15 is 0 Å². The molecule has 2 aromatic heterocycles. The van der Waals surface area contributed by atoms with E-state index in [4.69, 9.17) is 6.42 Å². The molecule has 0 amide bonds. The number of aromatic nitrogens is 3. The van der Waals surface area contributed by atoms with E-state index in [0.717, 1.165) is 24.1 Å². The molecule has 0 saturated heterocycles. The fraction of sp³-hybridized carbons (Fsp3) is 0.412. The van der Waals surface area contributed by atoms with Crippen LogP contribution in [-0.2, 0) is 23.3 Å². The van der Waals surface area contributed by atoms with Crippen LogP contribution in [0.3, 0.4) is 0 Å². The second-order valence-corrected chi connectivity index (χ2v) is 8.05. The van der Waals surface area contributed by atoms with Gasteiger partial charge in [-0.15, -0.1) is 12.3 Å². The second kappa shape index (κ2) is 5.82. The average Bonchev–Trinajstić information content (AvgIpc) is 3.33. The van der Waals surface area contributed by atoms with Gasteiger partial charge in [-0.1, -0.05) is 6.92 Å². The summed E-state index contributed by atoms with van der Waals surface area (Å²) in [5.41, 5.74) is 2.26. The third kappa shape index (κ3) is 2.89. The molecule has 0 aliphatic heterocycles. The first kappa shape index (κ1) is 15.8. The fourth-order valence-corrected chi connectivity index (χ4v) is 3.66. The van der Waals surface area contributed by atoms with E-state index in [0.29, 0.717) is 23.9 Å². The van der Waals surface area contributed by atoms with Crippen LogP contribution in [0.4, 0.5) is 0 Å². The maximum atomic E-state index is 12.5. The highest BCUT2D eigenvalue weighted by Crippen LogP contribution is 2.41. The first-order valence-corrected chi connectivity index (χ1v) is 9.30. The summed E-state index contributed by atoms with van der Waals surface area (Å²) in [4.78, 5) is 9.06. The highest BCUT2D eigenvalue weighted by molar-refractivity contribution is 7.91. The van der Waals surface area contributed by atoms with Crippen LogP contribution in [0.1, 0.15) is 36.9 Å². The van der Waals surface area contributed by atoms with Crippen LogP contribution in [0, 0.1) is 12.3 Å². The van der Waals surface area contributed by atoms with Gasteiger partial charge in [0.25, 0.3) is 0 Å². The molecule has 2 heterocycles. The third-order valence-electron chi connectivity index (χ3n) is 4.22. The number of terminal acetylenes is 1. The zero-order valence-electron chi connectivity index (χ0n) is 13.3. The largest absolute Gasteiger partial charge is 0.329 e. The molecule has 0 unspecified atom stereocenters. The van der Waals surface area contributed by atoms with Crippen LogP contribution >= 0.6 is 0 Å². The number of pyridine rings is 1. The Morgan fingerprint density at radius 3 is 2.70 bits per heavy atom. The Bertz CT molecular complexity index is 887. The molecule has 6 heteroatoms. The highest BCUT2D eigenvalue weighted by atomic mass is 32.2. The number of hydrogen-bond donors (Lipinski definition) is 0. The molecule has 0 N–H and O–H groups in total. The second-order valence-electron chi connectivity index (χ2n) is 5.81. The molecule has 0 atom stereocenters. The molecule has 3 rings (SSSR count). The van der Waals surface area contributed by atoms with Crippen LogP contribution < -0.4 is 0 Å². The molecule has 23 heavy (non-hydrogen) atoms. The Balaban J connectivity index is 2.17. The summed E-state index contributed by atoms with van der Waals surface area (Å²) in [7, 11) is -1.55. The van der Waals surface area contributed by atoms with E-state index < -0.39 is 9.84 Å². The Morgan fingerprint density at radius 2 is 2.09 bits per heavy atom. The van der Waals surface area contributed by atoms with Gasteiger partial charge < -0.3 is 4.57 Å². The summed E-state index contributed by atoms with van der Waals surface area (Å²) in [6.45, 7) is 1.64. The zero-order chi connectivity index (χ0) is 16.6. The summed E-state index contributed by atoms with van der Waals surface area (Å²) in [5.74, 6) is 3.59. The first-order chi connectivity index (χ1) is 11.0. The van der Waals surface area contributed by atoms with Crippen LogP contribution in [0.15, 0.2) is 23.4 Å². The molecule has 0 aromatic carbocycles. The average molecular weight is 329 g/mol. The Morgan fingerprint density at radius 1 is 1.35 bits per heavy atom. The molecule has 0 radical (unpaired) electrons. The molecule has 1 aliphatic rings. The number of imidazole rings is 1. The van der Waals surface area contributed by atoms with Crippen LogP contribution in [0.25, 0.3) is 11.5 Å². The quantitative estimate of drug-likeness (QED) is 0.790. The molecule has 5 nitrogen and oxygen atoms in total. The Labute approximate surface area is 136 Å². The molecule has 1 saturated carbocycles. The van der Waals surface area contributed by atoms with Crippen molar-refractivity contribution in [2.75, 3.05) is 5.75 Å². The zero-order valence-corrected chi connectivity index (χ0v) is 14.1. The topological polar surface area (TPSA) is 64.8 Å². The summed E-state index contributed by atoms with van der Waals surface area (Å²) in [6.07, 6.45) is 11.4. The van der Waals surface area contributed by atoms with Crippen LogP contribution in [0.5, 0.6) is 0 Å². The number of nitrogens with zero attached hydrogens (tertiary/aromatic N) is 3. The van der Waals surface area contributed by atoms with E-state index in [1.807, 2.05) is 11.6 Å². The SMILES string of the molecule is C#CCc1cnc(-c2ncc(C3CC3)cc2S(=O)(=O)CC)n1C. The van der Waals surface area contributed by atoms with Gasteiger partial charge in [-0.05, 0) is 30.4 Å². The van der Waals surface area contributed by atoms with Crippen molar-refractivity contribution in [3.63, 3.8) is 0 Å². The summed E-state index contributed by atoms with van der Waals surface area (Å²) >= 11 is 0. The van der Waals surface area contributed by atoms with Gasteiger partial charge in [0.15, 0.2) is 15.7 Å². The number of hydrogen-bond acceptors (Lipinski definition) is 4. The molecule has 0 spiro atoms. The first-order valence-electron chi connectivity index (χ1n) is 7.65. The smallest absolute Gasteiger partial charge is 0.180 e. The fourth-order valence-electron chi connectivity index (χ4n) is 2.59. The minimum atomic E-state index is -3.38. The Kier molecular flexibility index (Phi) is 3.99. The van der Waals surface area contributed by atoms with Crippen molar-refractivity contribution in [3.8, 4) is 23.9 Å². The molecule has 120 valence electrons. The summed E-state index contributed by atoms with van der Waals surface area (Å²) in [6, 6.07) is 1.77. The van der Waals surface area contributed by atoms with Crippen molar-refractivity contribution in [2.45, 2.75) is 37.0 Å². The van der Waals surface area contributed by atoms with E-state index in [9.17, 15) is 8.42 Å². The molecular formula is C17H19N3O2S. The van der Waals surface area contributed by atoms with E-state index in [1.54, 1.807) is 25.4 Å². The molecule has 2 aromatic rings. The summed E-state index contributed by atoms with van der Waals surface area (Å²) < 4.78 is 26.9. The molecule has 1 aliphatic carbocycles. The molecular weight excluding hydrogens is 310 g/mol. The normalized spacial score (nSPS) is 14.7. The number of sulfone groups is 1. The molecule has 1 fully saturated rings. The highest BCUT2D eigenvalue weighted by Gasteiger charge is 2.28. The van der Waals surface area contributed by atoms with Crippen molar-refractivity contribution in [3.05, 3.63) is 29.7 Å². The third-order valence-corrected chi connectivity index (χ3v) is 5.96. The minimum absolute atomic E-state index is 0.0391. The van der Waals surface area contributed by atoms with Crippen molar-refractivity contribution in [1.82, 2.24) is 14.5 Å². The Hall–Kier alpha value is -2.13. The maximum absolute atomic E-state index is 12.5. The van der Waals surface area contributed by atoms with Gasteiger partial charge in [-0.3, -0.25) is 4.98 Å². The van der Waals surface area contributed by atoms with Crippen LogP contribution in [0.2, 0.25) is 0 Å². The van der Waals surface area contributed by atoms with Gasteiger partial charge in [-0.25, -0.2) is 13.4 Å². The lowest BCUT2D eigenvalue weighted by Crippen LogP contribution is -2.10. The lowest BCUT2D eigenvalue weighted by atomic mass is 10.2. The van der Waals surface area contributed by atoms with E-state index in [2.05, 4.69) is 15.9 Å². The predicted molar refractivity (Wildman–Crippen MR) is 88.7 cm³/mol. The van der Waals surface area contributed by atoms with Gasteiger partial charge in [-0.2, -0.15) is 0 Å². The monoisotopic (exact) mass is 329 g/mol. The van der Waals surface area contributed by atoms with Gasteiger partial charge in [0.05, 0.1) is 17.1 Å². The number of rotatable bonds is 5. The molecule has 0 bridgehead atoms. The van der Waals surface area contributed by atoms with Crippen molar-refractivity contribution >= 4 is 9.84 Å². The maximum Gasteiger partial charge on any atom is 0.180 e. The van der Waals surface area contributed by atoms with Crippen molar-refractivity contribution in [2.24, 2.45) is 7.05 Å². The van der Waals surface area contributed by atoms with Crippen LogP contribution in [-0.4, -0.2) is 28.7 Å². The van der Waals surface area contributed by atoms with E-state index in [-0.39, 0.29) is 10.6 Å². The van der Waals surface area contributed by atoms with Crippen molar-refractivity contribution < 1.29 is 8.42 Å². The lowest BCUT2D eigenvalue weighted by Gasteiger charge is -2.11.